The van der Waals surface area contributed by atoms with E-state index in [0.717, 1.165) is 11.8 Å². The Morgan fingerprint density at radius 1 is 1.23 bits per heavy atom. The first kappa shape index (κ1) is 28.1. The van der Waals surface area contributed by atoms with Gasteiger partial charge in [-0.25, -0.2) is 0 Å². The number of nitrogens with zero attached hydrogens (tertiary/aromatic N) is 1. The average molecular weight is 435 g/mol. The minimum Gasteiger partial charge on any atom is -0.322 e. The molecule has 31 heavy (non-hydrogen) atoms. The molecule has 1 rings (SSSR count). The van der Waals surface area contributed by atoms with Crippen LogP contribution in [-0.4, -0.2) is 25.3 Å². The summed E-state index contributed by atoms with van der Waals surface area (Å²) in [6.07, 6.45) is 2.64. The fraction of sp³-hybridized carbons (Fsp3) is 0.360. The van der Waals surface area contributed by atoms with E-state index < -0.39 is 12.6 Å². The molecule has 1 N–H and O–H groups in total. The highest BCUT2D eigenvalue weighted by atomic mass is 19.4. The molecule has 170 valence electrons. The number of carbonyl (C=O) groups excluding carboxylic acids is 1. The second-order valence-corrected chi connectivity index (χ2v) is 7.85. The number of aliphatic imine (C=N–C) groups is 1. The Morgan fingerprint density at radius 3 is 2.35 bits per heavy atom. The number of amides is 1. The number of halogens is 3. The predicted molar refractivity (Wildman–Crippen MR) is 126 cm³/mol. The number of rotatable bonds is 7. The van der Waals surface area contributed by atoms with Gasteiger partial charge in [0.15, 0.2) is 0 Å². The van der Waals surface area contributed by atoms with Crippen LogP contribution in [0.25, 0.3) is 0 Å². The van der Waals surface area contributed by atoms with Crippen LogP contribution >= 0.6 is 0 Å². The summed E-state index contributed by atoms with van der Waals surface area (Å²) in [7, 11) is 0. The summed E-state index contributed by atoms with van der Waals surface area (Å²) in [5.74, 6) is -0.0963. The molecule has 0 aliphatic carbocycles. The Balaban J connectivity index is 0.000000615. The van der Waals surface area contributed by atoms with E-state index in [0.29, 0.717) is 11.1 Å². The first-order valence-corrected chi connectivity index (χ1v) is 9.86. The SMILES string of the molecule is C=C/C=C(\C)C(=O)Nc1cccc(C(C)(C)C)c1.C=NCC(/C=C\C)=C/CC(F)(F)F. The van der Waals surface area contributed by atoms with E-state index in [1.807, 2.05) is 18.2 Å². The fourth-order valence-corrected chi connectivity index (χ4v) is 2.32. The Hall–Kier alpha value is -2.89. The summed E-state index contributed by atoms with van der Waals surface area (Å²) >= 11 is 0. The summed E-state index contributed by atoms with van der Waals surface area (Å²) < 4.78 is 35.3. The van der Waals surface area contributed by atoms with Crippen LogP contribution in [0.1, 0.15) is 46.6 Å². The maximum absolute atomic E-state index is 11.8. The maximum Gasteiger partial charge on any atom is 0.392 e. The molecule has 0 radical (unpaired) electrons. The maximum atomic E-state index is 11.8. The molecule has 1 amide bonds. The van der Waals surface area contributed by atoms with Gasteiger partial charge in [0.2, 0.25) is 0 Å². The van der Waals surface area contributed by atoms with Gasteiger partial charge in [-0.15, -0.1) is 0 Å². The normalized spacial score (nSPS) is 12.8. The van der Waals surface area contributed by atoms with Gasteiger partial charge in [-0.2, -0.15) is 13.2 Å². The van der Waals surface area contributed by atoms with E-state index in [4.69, 9.17) is 0 Å². The van der Waals surface area contributed by atoms with E-state index in [-0.39, 0.29) is 17.9 Å². The number of hydrogen-bond donors (Lipinski definition) is 1. The third kappa shape index (κ3) is 13.1. The van der Waals surface area contributed by atoms with Crippen molar-refractivity contribution in [3.63, 3.8) is 0 Å². The zero-order valence-electron chi connectivity index (χ0n) is 19.0. The van der Waals surface area contributed by atoms with E-state index in [1.54, 1.807) is 38.2 Å². The highest BCUT2D eigenvalue weighted by Crippen LogP contribution is 2.24. The van der Waals surface area contributed by atoms with Gasteiger partial charge in [0, 0.05) is 11.3 Å². The van der Waals surface area contributed by atoms with Crippen LogP contribution in [0.3, 0.4) is 0 Å². The van der Waals surface area contributed by atoms with Crippen LogP contribution in [0, 0.1) is 0 Å². The Kier molecular flexibility index (Phi) is 12.2. The van der Waals surface area contributed by atoms with Gasteiger partial charge >= 0.3 is 6.18 Å². The van der Waals surface area contributed by atoms with Crippen LogP contribution in [0.15, 0.2) is 77.4 Å². The Bertz CT molecular complexity index is 826. The van der Waals surface area contributed by atoms with Crippen molar-refractivity contribution in [1.29, 1.82) is 0 Å². The third-order valence-corrected chi connectivity index (χ3v) is 3.98. The topological polar surface area (TPSA) is 41.5 Å². The van der Waals surface area contributed by atoms with Gasteiger partial charge in [-0.1, -0.05) is 69.9 Å². The van der Waals surface area contributed by atoms with E-state index in [2.05, 4.69) is 50.4 Å². The Labute approximate surface area is 184 Å². The zero-order chi connectivity index (χ0) is 24.1. The molecule has 0 unspecified atom stereocenters. The molecule has 0 saturated carbocycles. The largest absolute Gasteiger partial charge is 0.392 e. The summed E-state index contributed by atoms with van der Waals surface area (Å²) in [5, 5.41) is 2.88. The lowest BCUT2D eigenvalue weighted by molar-refractivity contribution is -0.125. The van der Waals surface area contributed by atoms with Crippen molar-refractivity contribution >= 4 is 18.3 Å². The van der Waals surface area contributed by atoms with E-state index in [9.17, 15) is 18.0 Å². The Morgan fingerprint density at radius 2 is 1.87 bits per heavy atom. The fourth-order valence-electron chi connectivity index (χ4n) is 2.32. The second-order valence-electron chi connectivity index (χ2n) is 7.85. The standard InChI is InChI=1S/C16H21NO.C9H12F3N/c1-6-8-12(2)15(18)17-14-10-7-9-13(11-14)16(3,4)5;1-3-4-8(7-13-2)5-6-9(10,11)12/h6-11H,1H2,2-5H3,(H,17,18);3-5H,2,6-7H2,1H3/b12-8+;4-3-,8-5+. The van der Waals surface area contributed by atoms with Crippen LogP contribution in [0.4, 0.5) is 18.9 Å². The highest BCUT2D eigenvalue weighted by molar-refractivity contribution is 6.03. The molecule has 0 fully saturated rings. The molecule has 0 aliphatic heterocycles. The molecular formula is C25H33F3N2O. The number of nitrogens with one attached hydrogen (secondary N) is 1. The van der Waals surface area contributed by atoms with Crippen molar-refractivity contribution in [3.8, 4) is 0 Å². The molecule has 1 aromatic carbocycles. The third-order valence-electron chi connectivity index (χ3n) is 3.98. The van der Waals surface area contributed by atoms with Crippen LogP contribution in [-0.2, 0) is 10.2 Å². The minimum atomic E-state index is -4.14. The lowest BCUT2D eigenvalue weighted by atomic mass is 9.87. The van der Waals surface area contributed by atoms with Gasteiger partial charge in [-0.3, -0.25) is 9.79 Å². The van der Waals surface area contributed by atoms with Crippen molar-refractivity contribution < 1.29 is 18.0 Å². The number of alkyl halides is 3. The van der Waals surface area contributed by atoms with Gasteiger partial charge < -0.3 is 5.32 Å². The molecule has 6 heteroatoms. The van der Waals surface area contributed by atoms with Gasteiger partial charge in [0.1, 0.15) is 0 Å². The van der Waals surface area contributed by atoms with Crippen molar-refractivity contribution in [2.75, 3.05) is 11.9 Å². The molecular weight excluding hydrogens is 401 g/mol. The summed E-state index contributed by atoms with van der Waals surface area (Å²) in [6, 6.07) is 7.94. The molecule has 3 nitrogen and oxygen atoms in total. The summed E-state index contributed by atoms with van der Waals surface area (Å²) in [6.45, 7) is 17.0. The van der Waals surface area contributed by atoms with Gasteiger partial charge in [0.05, 0.1) is 13.0 Å². The first-order valence-electron chi connectivity index (χ1n) is 9.86. The second kappa shape index (κ2) is 13.4. The summed E-state index contributed by atoms with van der Waals surface area (Å²) in [5.41, 5.74) is 3.28. The number of allylic oxidation sites excluding steroid dienone is 4. The molecule has 0 saturated heterocycles. The van der Waals surface area contributed by atoms with Crippen molar-refractivity contribution in [2.45, 2.75) is 52.6 Å². The van der Waals surface area contributed by atoms with E-state index >= 15 is 0 Å². The van der Waals surface area contributed by atoms with E-state index in [1.165, 1.54) is 5.56 Å². The lowest BCUT2D eigenvalue weighted by Gasteiger charge is -2.19. The van der Waals surface area contributed by atoms with Gasteiger partial charge in [-0.05, 0) is 49.2 Å². The lowest BCUT2D eigenvalue weighted by Crippen LogP contribution is -2.15. The monoisotopic (exact) mass is 434 g/mol. The molecule has 0 bridgehead atoms. The predicted octanol–water partition coefficient (Wildman–Crippen LogP) is 7.20. The molecule has 0 spiro atoms. The van der Waals surface area contributed by atoms with Crippen molar-refractivity contribution in [2.24, 2.45) is 4.99 Å². The molecule has 0 aromatic heterocycles. The number of carbonyl (C=O) groups is 1. The van der Waals surface area contributed by atoms with Gasteiger partial charge in [0.25, 0.3) is 5.91 Å². The number of benzene rings is 1. The first-order chi connectivity index (χ1) is 14.3. The molecule has 0 heterocycles. The van der Waals surface area contributed by atoms with Crippen molar-refractivity contribution in [3.05, 3.63) is 77.9 Å². The van der Waals surface area contributed by atoms with Crippen molar-refractivity contribution in [1.82, 2.24) is 0 Å². The average Bonchev–Trinajstić information content (AvgIpc) is 2.66. The highest BCUT2D eigenvalue weighted by Gasteiger charge is 2.25. The zero-order valence-corrected chi connectivity index (χ0v) is 19.0. The van der Waals surface area contributed by atoms with Crippen LogP contribution in [0.2, 0.25) is 0 Å². The molecule has 0 aliphatic rings. The van der Waals surface area contributed by atoms with Crippen LogP contribution in [0.5, 0.6) is 0 Å². The minimum absolute atomic E-state index is 0.0761. The van der Waals surface area contributed by atoms with Crippen LogP contribution < -0.4 is 5.32 Å². The number of anilines is 1. The molecule has 0 atom stereocenters. The summed E-state index contributed by atoms with van der Waals surface area (Å²) in [4.78, 5) is 15.4. The molecule has 1 aromatic rings. The number of hydrogen-bond acceptors (Lipinski definition) is 2. The quantitative estimate of drug-likeness (QED) is 0.275. The smallest absolute Gasteiger partial charge is 0.322 e.